The van der Waals surface area contributed by atoms with Gasteiger partial charge in [0.25, 0.3) is 0 Å². The average molecular weight is 281 g/mol. The Morgan fingerprint density at radius 3 is 2.55 bits per heavy atom. The van der Waals surface area contributed by atoms with Crippen molar-refractivity contribution in [1.82, 2.24) is 4.98 Å². The van der Waals surface area contributed by atoms with Crippen molar-refractivity contribution >= 4 is 21.6 Å². The Labute approximate surface area is 124 Å². The number of nitrogens with zero attached hydrogens (tertiary/aromatic N) is 1. The summed E-state index contributed by atoms with van der Waals surface area (Å²) < 4.78 is 1.27. The molecule has 3 aromatic rings. The molecule has 1 aromatic heterocycles. The first-order chi connectivity index (χ1) is 9.67. The Morgan fingerprint density at radius 1 is 1.10 bits per heavy atom. The van der Waals surface area contributed by atoms with Gasteiger partial charge in [-0.15, -0.1) is 11.3 Å². The molecule has 0 aliphatic carbocycles. The number of fused-ring (bicyclic) bond motifs is 1. The summed E-state index contributed by atoms with van der Waals surface area (Å²) in [6.07, 6.45) is 1.18. The van der Waals surface area contributed by atoms with Crippen LogP contribution in [0.15, 0.2) is 42.5 Å². The molecule has 20 heavy (non-hydrogen) atoms. The van der Waals surface area contributed by atoms with E-state index in [4.69, 9.17) is 4.98 Å². The molecule has 3 rings (SSSR count). The normalized spacial score (nSPS) is 12.8. The van der Waals surface area contributed by atoms with Gasteiger partial charge in [-0.05, 0) is 42.5 Å². The summed E-state index contributed by atoms with van der Waals surface area (Å²) in [5.74, 6) is 0.627. The molecule has 0 spiro atoms. The van der Waals surface area contributed by atoms with E-state index in [1.807, 2.05) is 0 Å². The number of hydrogen-bond donors (Lipinski definition) is 0. The first-order valence-electron chi connectivity index (χ1n) is 7.15. The highest BCUT2D eigenvalue weighted by Gasteiger charge is 2.08. The molecule has 2 heteroatoms. The second-order valence-corrected chi connectivity index (χ2v) is 6.45. The van der Waals surface area contributed by atoms with E-state index < -0.39 is 0 Å². The summed E-state index contributed by atoms with van der Waals surface area (Å²) in [7, 11) is 0. The molecule has 1 heterocycles. The van der Waals surface area contributed by atoms with E-state index in [9.17, 15) is 0 Å². The van der Waals surface area contributed by atoms with Crippen molar-refractivity contribution in [3.8, 4) is 10.6 Å². The Kier molecular flexibility index (Phi) is 3.58. The van der Waals surface area contributed by atoms with Crippen molar-refractivity contribution in [1.29, 1.82) is 0 Å². The maximum atomic E-state index is 4.74. The van der Waals surface area contributed by atoms with Gasteiger partial charge in [-0.2, -0.15) is 0 Å². The monoisotopic (exact) mass is 281 g/mol. The van der Waals surface area contributed by atoms with Gasteiger partial charge in [0.1, 0.15) is 5.01 Å². The smallest absolute Gasteiger partial charge is 0.124 e. The van der Waals surface area contributed by atoms with Crippen LogP contribution in [0.5, 0.6) is 0 Å². The highest BCUT2D eigenvalue weighted by Crippen LogP contribution is 2.31. The van der Waals surface area contributed by atoms with Crippen molar-refractivity contribution in [3.63, 3.8) is 0 Å². The van der Waals surface area contributed by atoms with E-state index in [1.54, 1.807) is 11.3 Å². The van der Waals surface area contributed by atoms with Crippen LogP contribution < -0.4 is 0 Å². The molecule has 0 aliphatic heterocycles. The van der Waals surface area contributed by atoms with Gasteiger partial charge in [-0.25, -0.2) is 4.98 Å². The second kappa shape index (κ2) is 5.37. The van der Waals surface area contributed by atoms with Crippen LogP contribution in [0.4, 0.5) is 0 Å². The fraction of sp³-hybridized carbons (Fsp3) is 0.278. The van der Waals surface area contributed by atoms with E-state index in [0.717, 1.165) is 10.5 Å². The van der Waals surface area contributed by atoms with Crippen LogP contribution in [0, 0.1) is 6.92 Å². The lowest BCUT2D eigenvalue weighted by Crippen LogP contribution is -1.90. The zero-order chi connectivity index (χ0) is 14.1. The third kappa shape index (κ3) is 2.48. The molecule has 1 atom stereocenters. The van der Waals surface area contributed by atoms with Gasteiger partial charge in [-0.3, -0.25) is 0 Å². The van der Waals surface area contributed by atoms with Crippen molar-refractivity contribution in [2.45, 2.75) is 33.1 Å². The van der Waals surface area contributed by atoms with Crippen molar-refractivity contribution in [2.75, 3.05) is 0 Å². The number of aromatic nitrogens is 1. The first-order valence-corrected chi connectivity index (χ1v) is 7.96. The third-order valence-corrected chi connectivity index (χ3v) is 4.95. The molecule has 0 saturated carbocycles. The number of benzene rings is 2. The summed E-state index contributed by atoms with van der Waals surface area (Å²) in [6.45, 7) is 6.63. The quantitative estimate of drug-likeness (QED) is 0.592. The Bertz CT molecular complexity index is 725. The van der Waals surface area contributed by atoms with E-state index >= 15 is 0 Å². The van der Waals surface area contributed by atoms with Gasteiger partial charge < -0.3 is 0 Å². The molecular formula is C18H19NS. The van der Waals surface area contributed by atoms with Gasteiger partial charge in [0, 0.05) is 5.56 Å². The molecular weight excluding hydrogens is 262 g/mol. The maximum Gasteiger partial charge on any atom is 0.124 e. The summed E-state index contributed by atoms with van der Waals surface area (Å²) in [4.78, 5) is 4.74. The SMILES string of the molecule is CCC(C)c1ccc(-c2nc3ccc(C)cc3s2)cc1. The average Bonchev–Trinajstić information content (AvgIpc) is 2.89. The van der Waals surface area contributed by atoms with Crippen molar-refractivity contribution < 1.29 is 0 Å². The zero-order valence-corrected chi connectivity index (χ0v) is 13.0. The Balaban J connectivity index is 1.98. The molecule has 2 aromatic carbocycles. The fourth-order valence-electron chi connectivity index (χ4n) is 2.35. The molecule has 0 radical (unpaired) electrons. The lowest BCUT2D eigenvalue weighted by molar-refractivity contribution is 0.734. The van der Waals surface area contributed by atoms with E-state index in [-0.39, 0.29) is 0 Å². The van der Waals surface area contributed by atoms with Gasteiger partial charge in [-0.1, -0.05) is 44.2 Å². The van der Waals surface area contributed by atoms with Crippen molar-refractivity contribution in [2.24, 2.45) is 0 Å². The number of hydrogen-bond acceptors (Lipinski definition) is 2. The first kappa shape index (κ1) is 13.3. The number of rotatable bonds is 3. The minimum Gasteiger partial charge on any atom is -0.236 e. The van der Waals surface area contributed by atoms with Gasteiger partial charge in [0.15, 0.2) is 0 Å². The zero-order valence-electron chi connectivity index (χ0n) is 12.2. The van der Waals surface area contributed by atoms with E-state index in [2.05, 4.69) is 63.2 Å². The van der Waals surface area contributed by atoms with Crippen LogP contribution in [0.25, 0.3) is 20.8 Å². The van der Waals surface area contributed by atoms with Gasteiger partial charge >= 0.3 is 0 Å². The molecule has 0 bridgehead atoms. The lowest BCUT2D eigenvalue weighted by Gasteiger charge is -2.08. The molecule has 0 N–H and O–H groups in total. The molecule has 0 saturated heterocycles. The summed E-state index contributed by atoms with van der Waals surface area (Å²) in [6, 6.07) is 15.3. The number of thiazole rings is 1. The maximum absolute atomic E-state index is 4.74. The Morgan fingerprint density at radius 2 is 1.85 bits per heavy atom. The lowest BCUT2D eigenvalue weighted by atomic mass is 9.98. The predicted octanol–water partition coefficient (Wildman–Crippen LogP) is 5.79. The molecule has 1 unspecified atom stereocenters. The largest absolute Gasteiger partial charge is 0.236 e. The summed E-state index contributed by atoms with van der Waals surface area (Å²) in [5, 5.41) is 1.11. The Hall–Kier alpha value is -1.67. The van der Waals surface area contributed by atoms with Crippen LogP contribution in [-0.2, 0) is 0 Å². The molecule has 0 aliphatic rings. The topological polar surface area (TPSA) is 12.9 Å². The third-order valence-electron chi connectivity index (χ3n) is 3.88. The second-order valence-electron chi connectivity index (χ2n) is 5.42. The molecule has 1 nitrogen and oxygen atoms in total. The minimum atomic E-state index is 0.627. The van der Waals surface area contributed by atoms with Gasteiger partial charge in [0.2, 0.25) is 0 Å². The standard InChI is InChI=1S/C18H19NS/c1-4-13(3)14-6-8-15(9-7-14)18-19-16-10-5-12(2)11-17(16)20-18/h5-11,13H,4H2,1-3H3. The molecule has 0 amide bonds. The van der Waals surface area contributed by atoms with E-state index in [0.29, 0.717) is 5.92 Å². The summed E-state index contributed by atoms with van der Waals surface area (Å²) >= 11 is 1.77. The van der Waals surface area contributed by atoms with Crippen molar-refractivity contribution in [3.05, 3.63) is 53.6 Å². The fourth-order valence-corrected chi connectivity index (χ4v) is 3.41. The molecule has 102 valence electrons. The minimum absolute atomic E-state index is 0.627. The number of aryl methyl sites for hydroxylation is 1. The molecule has 0 fully saturated rings. The summed E-state index contributed by atoms with van der Waals surface area (Å²) in [5.41, 5.74) is 5.02. The highest BCUT2D eigenvalue weighted by molar-refractivity contribution is 7.21. The highest BCUT2D eigenvalue weighted by atomic mass is 32.1. The van der Waals surface area contributed by atoms with Crippen LogP contribution >= 0.6 is 11.3 Å². The van der Waals surface area contributed by atoms with Crippen LogP contribution in [0.1, 0.15) is 37.3 Å². The van der Waals surface area contributed by atoms with Crippen LogP contribution in [0.3, 0.4) is 0 Å². The van der Waals surface area contributed by atoms with E-state index in [1.165, 1.54) is 27.8 Å². The van der Waals surface area contributed by atoms with Gasteiger partial charge in [0.05, 0.1) is 10.2 Å². The predicted molar refractivity (Wildman–Crippen MR) is 88.5 cm³/mol. The van der Waals surface area contributed by atoms with Crippen LogP contribution in [-0.4, -0.2) is 4.98 Å². The van der Waals surface area contributed by atoms with Crippen LogP contribution in [0.2, 0.25) is 0 Å².